The number of carbonyl (C=O) groups is 5. The van der Waals surface area contributed by atoms with Crippen LogP contribution in [0.25, 0.3) is 22.0 Å². The van der Waals surface area contributed by atoms with E-state index >= 15 is 8.78 Å². The number of benzene rings is 2. The molecule has 2 amide bonds. The van der Waals surface area contributed by atoms with E-state index < -0.39 is 126 Å². The molecule has 5 aromatic rings. The summed E-state index contributed by atoms with van der Waals surface area (Å²) in [7, 11) is 1.38. The number of alkyl halides is 8. The van der Waals surface area contributed by atoms with Crippen LogP contribution in [0.4, 0.5) is 49.7 Å². The minimum Gasteiger partial charge on any atom is -0.481 e. The monoisotopic (exact) mass is 1140 g/mol. The summed E-state index contributed by atoms with van der Waals surface area (Å²) in [5.74, 6) is -5.05. The summed E-state index contributed by atoms with van der Waals surface area (Å²) in [5.41, 5.74) is -4.41. The molecule has 0 saturated carbocycles. The maximum Gasteiger partial charge on any atom is 0.435 e. The van der Waals surface area contributed by atoms with Crippen molar-refractivity contribution in [2.45, 2.75) is 108 Å². The number of nitrogens with zero attached hydrogens (tertiary/aromatic N) is 6. The number of carboxylic acids is 2. The molecule has 4 N–H and O–H groups in total. The van der Waals surface area contributed by atoms with Crippen LogP contribution in [0, 0.1) is 23.5 Å². The summed E-state index contributed by atoms with van der Waals surface area (Å²) in [6, 6.07) is 4.91. The molecule has 28 heteroatoms. The molecule has 1 aliphatic rings. The van der Waals surface area contributed by atoms with Gasteiger partial charge in [0.1, 0.15) is 36.1 Å². The zero-order valence-electron chi connectivity index (χ0n) is 41.3. The lowest BCUT2D eigenvalue weighted by Crippen LogP contribution is -2.43. The largest absolute Gasteiger partial charge is 0.481 e. The molecular weight excluding hydrogens is 1090 g/mol. The van der Waals surface area contributed by atoms with Gasteiger partial charge in [-0.2, -0.15) is 45.3 Å². The zero-order valence-corrected chi connectivity index (χ0v) is 43.7. The van der Waals surface area contributed by atoms with Crippen LogP contribution >= 0.6 is 35.3 Å². The van der Waals surface area contributed by atoms with Crippen LogP contribution in [0.3, 0.4) is 0 Å². The zero-order chi connectivity index (χ0) is 57.2. The van der Waals surface area contributed by atoms with E-state index in [-0.39, 0.29) is 67.2 Å². The van der Waals surface area contributed by atoms with Gasteiger partial charge >= 0.3 is 24.3 Å². The van der Waals surface area contributed by atoms with Crippen LogP contribution in [0.2, 0.25) is 5.02 Å². The Labute approximate surface area is 441 Å². The number of halogens is 11. The Bertz CT molecular complexity index is 3010. The quantitative estimate of drug-likeness (QED) is 0.0226. The number of thioether (sulfide) groups is 1. The summed E-state index contributed by atoms with van der Waals surface area (Å²) in [6.45, 7) is 4.60. The Kier molecular flexibility index (Phi) is 21.0. The molecule has 2 atom stereocenters. The van der Waals surface area contributed by atoms with Gasteiger partial charge in [0.25, 0.3) is 11.8 Å². The van der Waals surface area contributed by atoms with Crippen LogP contribution < -0.4 is 14.9 Å². The average Bonchev–Trinajstić information content (AvgIpc) is 4.00. The van der Waals surface area contributed by atoms with Gasteiger partial charge < -0.3 is 20.8 Å². The van der Waals surface area contributed by atoms with E-state index in [0.29, 0.717) is 10.7 Å². The highest BCUT2D eigenvalue weighted by Crippen LogP contribution is 2.47. The summed E-state index contributed by atoms with van der Waals surface area (Å²) < 4.78 is 147. The first-order valence-corrected chi connectivity index (χ1v) is 25.3. The molecule has 0 aliphatic heterocycles. The second-order valence-corrected chi connectivity index (χ2v) is 19.3. The molecule has 0 spiro atoms. The van der Waals surface area contributed by atoms with E-state index in [9.17, 15) is 54.6 Å². The van der Waals surface area contributed by atoms with Gasteiger partial charge in [0.2, 0.25) is 12.2 Å². The molecule has 6 rings (SSSR count). The molecule has 3 aromatic heterocycles. The lowest BCUT2D eigenvalue weighted by atomic mass is 9.93. The van der Waals surface area contributed by atoms with Gasteiger partial charge in [-0.1, -0.05) is 37.4 Å². The first-order valence-electron chi connectivity index (χ1n) is 22.5. The van der Waals surface area contributed by atoms with Gasteiger partial charge in [-0.15, -0.1) is 11.8 Å². The van der Waals surface area contributed by atoms with Crippen LogP contribution in [0.5, 0.6) is 0 Å². The third-order valence-electron chi connectivity index (χ3n) is 11.0. The molecular formula is C48H49ClF10N8O7S2. The number of fused-ring (bicyclic) bond motifs is 2. The van der Waals surface area contributed by atoms with Gasteiger partial charge in [-0.05, 0) is 100 Å². The Balaban J connectivity index is 0.00000168. The summed E-state index contributed by atoms with van der Waals surface area (Å²) in [4.78, 5) is 62.1. The van der Waals surface area contributed by atoms with Crippen molar-refractivity contribution in [3.63, 3.8) is 0 Å². The molecule has 0 fully saturated rings. The molecule has 0 saturated heterocycles. The highest BCUT2D eigenvalue weighted by molar-refractivity contribution is 8.00. The van der Waals surface area contributed by atoms with Crippen molar-refractivity contribution in [3.05, 3.63) is 93.0 Å². The van der Waals surface area contributed by atoms with E-state index in [1.807, 2.05) is 13.8 Å². The second kappa shape index (κ2) is 25.6. The van der Waals surface area contributed by atoms with Crippen molar-refractivity contribution in [2.24, 2.45) is 0 Å². The molecule has 76 heavy (non-hydrogen) atoms. The molecule has 412 valence electrons. The maximum absolute atomic E-state index is 15.1. The van der Waals surface area contributed by atoms with Crippen molar-refractivity contribution in [3.8, 4) is 23.0 Å². The van der Waals surface area contributed by atoms with Crippen molar-refractivity contribution in [1.29, 1.82) is 0 Å². The van der Waals surface area contributed by atoms with Crippen LogP contribution in [-0.4, -0.2) is 101 Å². The number of hydrogen-bond donors (Lipinski definition) is 4. The standard InChI is InChI=1S/C44H41ClF10N8O4S2.C2H2O3.C2H6/c1-41(2,68-4)14-12-25-6-7-26(27-8-9-29(45)34-36(27)62(21-43(50,51)52)60-39(34)63(69-5)40(67)30(56-3)10-11-33(65)66)35(57-25)31(18-22-16-23(46)19-24(47)17-22)58-32(64)20-61-38-28(13-15-42(38,48)49)37(59-61)44(53,54)55;3-1-2(4)5;1-2/h6-9,16-17,19,30-31,56H,10-11,13,15,18,20-21H2,1-5H3,(H,58,64)(H,65,66);1H,(H,4,5);1-2H3. The number of anilines is 1. The fourth-order valence-corrected chi connectivity index (χ4v) is 8.73. The van der Waals surface area contributed by atoms with E-state index in [4.69, 9.17) is 31.3 Å². The minimum atomic E-state index is -5.17. The van der Waals surface area contributed by atoms with E-state index in [0.717, 1.165) is 28.4 Å². The summed E-state index contributed by atoms with van der Waals surface area (Å²) in [5, 5.41) is 29.1. The molecule has 1 aliphatic carbocycles. The third kappa shape index (κ3) is 15.6. The Morgan fingerprint density at radius 3 is 2.12 bits per heavy atom. The average molecular weight is 1140 g/mol. The van der Waals surface area contributed by atoms with Crippen LogP contribution in [0.15, 0.2) is 42.5 Å². The Morgan fingerprint density at radius 2 is 1.58 bits per heavy atom. The third-order valence-corrected chi connectivity index (χ3v) is 13.2. The number of aliphatic carboxylic acids is 2. The number of carboxylic acid groups (broad SMARTS) is 2. The molecule has 15 nitrogen and oxygen atoms in total. The number of pyridine rings is 1. The second-order valence-electron chi connectivity index (χ2n) is 16.7. The van der Waals surface area contributed by atoms with Crippen molar-refractivity contribution in [2.75, 3.05) is 23.9 Å². The topological polar surface area (TPSA) is 202 Å². The highest BCUT2D eigenvalue weighted by atomic mass is 35.5. The fourth-order valence-electron chi connectivity index (χ4n) is 7.73. The van der Waals surface area contributed by atoms with Crippen molar-refractivity contribution in [1.82, 2.24) is 35.2 Å². The lowest BCUT2D eigenvalue weighted by molar-refractivity contribution is -0.143. The summed E-state index contributed by atoms with van der Waals surface area (Å²) in [6.07, 6.45) is -10.0. The lowest BCUT2D eigenvalue weighted by Gasteiger charge is -2.24. The molecule has 2 aromatic carbocycles. The number of likely N-dealkylation sites (N-methyl/N-ethyl adjacent to an activating group) is 1. The summed E-state index contributed by atoms with van der Waals surface area (Å²) >= 11 is 8.86. The Hall–Kier alpha value is -6.37. The maximum atomic E-state index is 15.1. The predicted octanol–water partition coefficient (Wildman–Crippen LogP) is 9.80. The van der Waals surface area contributed by atoms with Gasteiger partial charge in [-0.3, -0.25) is 28.5 Å². The first kappa shape index (κ1) is 62.2. The van der Waals surface area contributed by atoms with E-state index in [2.05, 4.69) is 32.7 Å². The number of amides is 2. The molecule has 0 radical (unpaired) electrons. The highest BCUT2D eigenvalue weighted by Gasteiger charge is 2.50. The van der Waals surface area contributed by atoms with Gasteiger partial charge in [0.15, 0.2) is 11.5 Å². The molecule has 3 heterocycles. The van der Waals surface area contributed by atoms with Crippen molar-refractivity contribution >= 4 is 82.1 Å². The Morgan fingerprint density at radius 1 is 0.961 bits per heavy atom. The predicted molar refractivity (Wildman–Crippen MR) is 265 cm³/mol. The van der Waals surface area contributed by atoms with Crippen LogP contribution in [0.1, 0.15) is 86.9 Å². The van der Waals surface area contributed by atoms with E-state index in [1.165, 1.54) is 49.3 Å². The van der Waals surface area contributed by atoms with Gasteiger partial charge in [-0.25, -0.2) is 22.9 Å². The first-order chi connectivity index (χ1) is 35.4. The normalized spacial score (nSPS) is 13.7. The van der Waals surface area contributed by atoms with Gasteiger partial charge in [0, 0.05) is 41.9 Å². The van der Waals surface area contributed by atoms with E-state index in [1.54, 1.807) is 20.1 Å². The molecule has 0 bridgehead atoms. The number of rotatable bonds is 17. The number of hydrogen-bond acceptors (Lipinski definition) is 11. The smallest absolute Gasteiger partial charge is 0.435 e. The number of carbonyl (C=O) groups excluding carboxylic acids is 3. The number of aldehydes is 1. The fraction of sp³-hybridized carbons (Fsp3) is 0.417. The SMILES string of the molecule is CC.CNC(CCC(=O)O)C(=O)N(SC)c1nn(CC(F)(F)F)c2c(-c3ccc(C#CC(C)(C)SC)nc3C(Cc3cc(F)cc(F)c3)NC(=O)Cn3nc(C(F)(F)F)c4c3C(F)(F)CC4)ccc(Cl)c12.O=CC(=O)O. The molecule has 2 unspecified atom stereocenters. The van der Waals surface area contributed by atoms with Gasteiger partial charge in [0.05, 0.1) is 38.5 Å². The number of nitrogens with one attached hydrogen (secondary N) is 2. The minimum absolute atomic E-state index is 0.00761. The number of aromatic nitrogens is 5. The van der Waals surface area contributed by atoms with Crippen LogP contribution in [-0.2, 0) is 62.0 Å². The van der Waals surface area contributed by atoms with Crippen molar-refractivity contribution < 1.29 is 78.1 Å².